The molecule has 2 N–H and O–H groups in total. The van der Waals surface area contributed by atoms with Crippen LogP contribution in [0.4, 0.5) is 4.39 Å². The van der Waals surface area contributed by atoms with Crippen LogP contribution in [0.1, 0.15) is 32.4 Å². The summed E-state index contributed by atoms with van der Waals surface area (Å²) in [5.74, 6) is -0.655. The summed E-state index contributed by atoms with van der Waals surface area (Å²) < 4.78 is 14.0. The maximum Gasteiger partial charge on any atom is 0.246 e. The van der Waals surface area contributed by atoms with E-state index in [1.807, 2.05) is 13.8 Å². The van der Waals surface area contributed by atoms with Crippen LogP contribution in [0, 0.1) is 29.0 Å². The maximum atomic E-state index is 14.0. The quantitative estimate of drug-likeness (QED) is 0.704. The summed E-state index contributed by atoms with van der Waals surface area (Å²) in [5, 5.41) is 13.0. The first-order valence-corrected chi connectivity index (χ1v) is 9.72. The van der Waals surface area contributed by atoms with Crippen LogP contribution in [0.5, 0.6) is 0 Å². The molecule has 6 nitrogen and oxygen atoms in total. The fourth-order valence-electron chi connectivity index (χ4n) is 3.79. The Hall–Kier alpha value is -3.14. The van der Waals surface area contributed by atoms with Crippen molar-refractivity contribution in [2.24, 2.45) is 11.8 Å². The van der Waals surface area contributed by atoms with Gasteiger partial charge in [-0.15, -0.1) is 0 Å². The van der Waals surface area contributed by atoms with Gasteiger partial charge in [0.05, 0.1) is 17.5 Å². The first-order valence-electron chi connectivity index (χ1n) is 9.72. The number of carbonyl (C=O) groups excluding carboxylic acids is 2. The van der Waals surface area contributed by atoms with E-state index in [4.69, 9.17) is 0 Å². The number of aromatic amines is 1. The highest BCUT2D eigenvalue weighted by molar-refractivity contribution is 5.87. The number of nitrogens with zero attached hydrogens (tertiary/aromatic N) is 2. The Morgan fingerprint density at radius 3 is 2.90 bits per heavy atom. The van der Waals surface area contributed by atoms with Gasteiger partial charge in [0.1, 0.15) is 24.2 Å². The van der Waals surface area contributed by atoms with Gasteiger partial charge in [-0.25, -0.2) is 4.39 Å². The summed E-state index contributed by atoms with van der Waals surface area (Å²) in [5.41, 5.74) is 1.71. The fourth-order valence-corrected chi connectivity index (χ4v) is 3.79. The van der Waals surface area contributed by atoms with E-state index in [0.717, 1.165) is 6.29 Å². The highest BCUT2D eigenvalue weighted by atomic mass is 19.1. The summed E-state index contributed by atoms with van der Waals surface area (Å²) in [7, 11) is 0. The molecule has 0 saturated carbocycles. The molecule has 1 amide bonds. The Morgan fingerprint density at radius 1 is 1.52 bits per heavy atom. The number of amides is 1. The number of carbonyl (C=O) groups is 2. The molecule has 2 heterocycles. The van der Waals surface area contributed by atoms with Crippen molar-refractivity contribution < 1.29 is 14.0 Å². The average molecular weight is 396 g/mol. The second-order valence-corrected chi connectivity index (χ2v) is 7.96. The van der Waals surface area contributed by atoms with E-state index >= 15 is 0 Å². The first-order chi connectivity index (χ1) is 13.8. The normalized spacial score (nSPS) is 19.9. The number of hydrogen-bond donors (Lipinski definition) is 2. The standard InChI is InChI=1S/C22H25FN4O2/c1-13(2)7-21(22(29)27-11-15(12-28)8-16(27)10-24)25-14(3)20-9-17-18(23)5-4-6-19(17)26-20/h4-6,9,12-13,15-16,21,25-26H,3,7-8,11H2,1-2H3. The number of fused-ring (bicyclic) bond motifs is 1. The second-order valence-electron chi connectivity index (χ2n) is 7.96. The number of halogens is 1. The predicted molar refractivity (Wildman–Crippen MR) is 109 cm³/mol. The minimum Gasteiger partial charge on any atom is -0.372 e. The van der Waals surface area contributed by atoms with Gasteiger partial charge in [-0.2, -0.15) is 5.26 Å². The lowest BCUT2D eigenvalue weighted by atomic mass is 10.0. The predicted octanol–water partition coefficient (Wildman–Crippen LogP) is 3.22. The molecule has 0 aliphatic carbocycles. The van der Waals surface area contributed by atoms with Crippen LogP contribution in [0.3, 0.4) is 0 Å². The molecule has 1 aromatic carbocycles. The van der Waals surface area contributed by atoms with Gasteiger partial charge in [-0.1, -0.05) is 26.5 Å². The van der Waals surface area contributed by atoms with Gasteiger partial charge in [0.15, 0.2) is 0 Å². The van der Waals surface area contributed by atoms with Crippen molar-refractivity contribution in [2.45, 2.75) is 38.8 Å². The maximum absolute atomic E-state index is 14.0. The molecule has 29 heavy (non-hydrogen) atoms. The summed E-state index contributed by atoms with van der Waals surface area (Å²) in [4.78, 5) is 28.9. The van der Waals surface area contributed by atoms with Crippen molar-refractivity contribution >= 4 is 28.8 Å². The Labute approximate surface area is 169 Å². The molecule has 1 saturated heterocycles. The Kier molecular flexibility index (Phi) is 6.02. The van der Waals surface area contributed by atoms with Gasteiger partial charge < -0.3 is 20.0 Å². The van der Waals surface area contributed by atoms with Crippen molar-refractivity contribution in [3.63, 3.8) is 0 Å². The number of H-pyrrole nitrogens is 1. The minimum absolute atomic E-state index is 0.217. The van der Waals surface area contributed by atoms with E-state index in [0.29, 0.717) is 35.1 Å². The van der Waals surface area contributed by atoms with Gasteiger partial charge in [-0.3, -0.25) is 4.79 Å². The van der Waals surface area contributed by atoms with E-state index in [-0.39, 0.29) is 30.1 Å². The second kappa shape index (κ2) is 8.48. The summed E-state index contributed by atoms with van der Waals surface area (Å²) in [6.07, 6.45) is 1.70. The van der Waals surface area contributed by atoms with Crippen molar-refractivity contribution in [3.05, 3.63) is 42.4 Å². The molecule has 0 radical (unpaired) electrons. The molecule has 1 aliphatic heterocycles. The number of aldehydes is 1. The van der Waals surface area contributed by atoms with E-state index < -0.39 is 12.1 Å². The van der Waals surface area contributed by atoms with Gasteiger partial charge >= 0.3 is 0 Å². The lowest BCUT2D eigenvalue weighted by Crippen LogP contribution is -2.48. The third kappa shape index (κ3) is 4.32. The first kappa shape index (κ1) is 20.6. The summed E-state index contributed by atoms with van der Waals surface area (Å²) in [6, 6.07) is 7.36. The monoisotopic (exact) mass is 396 g/mol. The summed E-state index contributed by atoms with van der Waals surface area (Å²) in [6.45, 7) is 8.28. The lowest BCUT2D eigenvalue weighted by molar-refractivity contribution is -0.133. The molecule has 3 atom stereocenters. The van der Waals surface area contributed by atoms with Crippen LogP contribution < -0.4 is 5.32 Å². The number of benzene rings is 1. The fraction of sp³-hybridized carbons (Fsp3) is 0.409. The van der Waals surface area contributed by atoms with E-state index in [9.17, 15) is 19.2 Å². The topological polar surface area (TPSA) is 89.0 Å². The highest BCUT2D eigenvalue weighted by Gasteiger charge is 2.38. The molecule has 1 aromatic heterocycles. The van der Waals surface area contributed by atoms with Crippen molar-refractivity contribution in [2.75, 3.05) is 6.54 Å². The SMILES string of the molecule is C=C(NC(CC(C)C)C(=O)N1CC(C=O)CC1C#N)c1cc2c(F)cccc2[nH]1. The van der Waals surface area contributed by atoms with Gasteiger partial charge in [0.25, 0.3) is 0 Å². The third-order valence-electron chi connectivity index (χ3n) is 5.25. The molecule has 3 unspecified atom stereocenters. The molecule has 1 aliphatic rings. The van der Waals surface area contributed by atoms with Gasteiger partial charge in [-0.05, 0) is 37.0 Å². The van der Waals surface area contributed by atoms with Gasteiger partial charge in [0, 0.05) is 23.4 Å². The number of aromatic nitrogens is 1. The molecule has 2 aromatic rings. The molecule has 7 heteroatoms. The Balaban J connectivity index is 1.81. The van der Waals surface area contributed by atoms with Crippen molar-refractivity contribution in [1.29, 1.82) is 5.26 Å². The smallest absolute Gasteiger partial charge is 0.246 e. The highest BCUT2D eigenvalue weighted by Crippen LogP contribution is 2.25. The number of nitriles is 1. The Bertz CT molecular complexity index is 975. The number of likely N-dealkylation sites (tertiary alicyclic amines) is 1. The number of rotatable bonds is 7. The number of nitrogens with one attached hydrogen (secondary N) is 2. The van der Waals surface area contributed by atoms with E-state index in [1.54, 1.807) is 18.2 Å². The zero-order valence-corrected chi connectivity index (χ0v) is 16.6. The van der Waals surface area contributed by atoms with Crippen LogP contribution in [-0.4, -0.2) is 40.7 Å². The third-order valence-corrected chi connectivity index (χ3v) is 5.25. The molecule has 0 spiro atoms. The molecule has 1 fully saturated rings. The number of hydrogen-bond acceptors (Lipinski definition) is 4. The lowest BCUT2D eigenvalue weighted by Gasteiger charge is -2.28. The molecule has 152 valence electrons. The zero-order valence-electron chi connectivity index (χ0n) is 16.6. The molecular formula is C22H25FN4O2. The Morgan fingerprint density at radius 2 is 2.28 bits per heavy atom. The average Bonchev–Trinajstić information content (AvgIpc) is 3.31. The molecular weight excluding hydrogens is 371 g/mol. The summed E-state index contributed by atoms with van der Waals surface area (Å²) >= 11 is 0. The molecule has 3 rings (SSSR count). The van der Waals surface area contributed by atoms with E-state index in [1.165, 1.54) is 11.0 Å². The minimum atomic E-state index is -0.607. The van der Waals surface area contributed by atoms with Crippen LogP contribution >= 0.6 is 0 Å². The van der Waals surface area contributed by atoms with Crippen molar-refractivity contribution in [1.82, 2.24) is 15.2 Å². The molecule has 0 bridgehead atoms. The van der Waals surface area contributed by atoms with E-state index in [2.05, 4.69) is 22.9 Å². The van der Waals surface area contributed by atoms with Crippen LogP contribution in [0.15, 0.2) is 30.8 Å². The van der Waals surface area contributed by atoms with Crippen LogP contribution in [0.2, 0.25) is 0 Å². The van der Waals surface area contributed by atoms with Crippen LogP contribution in [0.25, 0.3) is 16.6 Å². The van der Waals surface area contributed by atoms with Gasteiger partial charge in [0.2, 0.25) is 5.91 Å². The zero-order chi connectivity index (χ0) is 21.1. The largest absolute Gasteiger partial charge is 0.372 e. The van der Waals surface area contributed by atoms with Crippen molar-refractivity contribution in [3.8, 4) is 6.07 Å². The van der Waals surface area contributed by atoms with Crippen LogP contribution in [-0.2, 0) is 9.59 Å².